The van der Waals surface area contributed by atoms with Crippen molar-refractivity contribution in [3.05, 3.63) is 12.2 Å². The molecule has 0 bridgehead atoms. The fourth-order valence-corrected chi connectivity index (χ4v) is 8.59. The van der Waals surface area contributed by atoms with Crippen LogP contribution in [0.15, 0.2) is 12.2 Å². The van der Waals surface area contributed by atoms with E-state index in [0.717, 1.165) is 77.0 Å². The Labute approximate surface area is 394 Å². The van der Waals surface area contributed by atoms with Crippen molar-refractivity contribution < 1.29 is 44.2 Å². The van der Waals surface area contributed by atoms with E-state index in [1.807, 2.05) is 0 Å². The van der Waals surface area contributed by atoms with Crippen LogP contribution in [0.4, 0.5) is 0 Å². The number of carbonyl (C=O) groups is 3. The van der Waals surface area contributed by atoms with Gasteiger partial charge in [-0.3, -0.25) is 4.79 Å². The van der Waals surface area contributed by atoms with E-state index >= 15 is 0 Å². The van der Waals surface area contributed by atoms with E-state index in [1.165, 1.54) is 154 Å². The van der Waals surface area contributed by atoms with Gasteiger partial charge in [0.1, 0.15) is 12.2 Å². The van der Waals surface area contributed by atoms with Gasteiger partial charge in [-0.1, -0.05) is 245 Å². The lowest BCUT2D eigenvalue weighted by atomic mass is 9.86. The molecular formula is C55H104O9. The highest BCUT2D eigenvalue weighted by Gasteiger charge is 2.54. The lowest BCUT2D eigenvalue weighted by Crippen LogP contribution is -2.59. The third-order valence-electron chi connectivity index (χ3n) is 12.9. The van der Waals surface area contributed by atoms with Crippen LogP contribution in [0.5, 0.6) is 0 Å². The summed E-state index contributed by atoms with van der Waals surface area (Å²) >= 11 is 0. The van der Waals surface area contributed by atoms with Crippen molar-refractivity contribution in [3.8, 4) is 0 Å². The molecule has 9 nitrogen and oxygen atoms in total. The molecular weight excluding hydrogens is 805 g/mol. The summed E-state index contributed by atoms with van der Waals surface area (Å²) in [6.07, 6.45) is 46.3. The number of hydrogen-bond acceptors (Lipinski definition) is 9. The highest BCUT2D eigenvalue weighted by atomic mass is 17.2. The van der Waals surface area contributed by atoms with E-state index in [2.05, 4.69) is 32.9 Å². The van der Waals surface area contributed by atoms with Crippen molar-refractivity contribution in [3.63, 3.8) is 0 Å². The highest BCUT2D eigenvalue weighted by Crippen LogP contribution is 2.30. The second kappa shape index (κ2) is 47.5. The van der Waals surface area contributed by atoms with E-state index in [1.54, 1.807) is 0 Å². The van der Waals surface area contributed by atoms with Crippen LogP contribution in [-0.2, 0) is 28.9 Å². The van der Waals surface area contributed by atoms with Gasteiger partial charge in [0.25, 0.3) is 0 Å². The Morgan fingerprint density at radius 2 is 0.734 bits per heavy atom. The van der Waals surface area contributed by atoms with Crippen LogP contribution >= 0.6 is 0 Å². The van der Waals surface area contributed by atoms with Gasteiger partial charge < -0.3 is 20.1 Å². The summed E-state index contributed by atoms with van der Waals surface area (Å²) < 4.78 is 5.80. The quantitative estimate of drug-likeness (QED) is 0.0179. The second-order valence-corrected chi connectivity index (χ2v) is 19.1. The zero-order chi connectivity index (χ0) is 47.0. The molecule has 0 radical (unpaired) electrons. The van der Waals surface area contributed by atoms with Gasteiger partial charge in [-0.05, 0) is 44.9 Å². The van der Waals surface area contributed by atoms with Crippen LogP contribution in [0.1, 0.15) is 297 Å². The minimum Gasteiger partial charge on any atom is -0.444 e. The number of carbonyl (C=O) groups excluding carboxylic acids is 3. The molecule has 0 spiro atoms. The number of esters is 1. The zero-order valence-electron chi connectivity index (χ0n) is 42.2. The predicted molar refractivity (Wildman–Crippen MR) is 265 cm³/mol. The zero-order valence-corrected chi connectivity index (χ0v) is 42.2. The second-order valence-electron chi connectivity index (χ2n) is 19.1. The van der Waals surface area contributed by atoms with E-state index < -0.39 is 42.3 Å². The molecule has 0 rings (SSSR count). The minimum absolute atomic E-state index is 0.0305. The van der Waals surface area contributed by atoms with Gasteiger partial charge in [0.2, 0.25) is 5.60 Å². The van der Waals surface area contributed by atoms with Gasteiger partial charge in [0, 0.05) is 12.8 Å². The van der Waals surface area contributed by atoms with Gasteiger partial charge in [-0.25, -0.2) is 19.4 Å². The van der Waals surface area contributed by atoms with E-state index in [0.29, 0.717) is 25.7 Å². The van der Waals surface area contributed by atoms with Gasteiger partial charge in [-0.2, -0.15) is 0 Å². The molecule has 3 unspecified atom stereocenters. The summed E-state index contributed by atoms with van der Waals surface area (Å²) in [7, 11) is 0. The Kier molecular flexibility index (Phi) is 46.1. The smallest absolute Gasteiger partial charge is 0.401 e. The van der Waals surface area contributed by atoms with Crippen LogP contribution in [-0.4, -0.2) is 57.6 Å². The fraction of sp³-hybridized carbons (Fsp3) is 0.909. The van der Waals surface area contributed by atoms with Crippen LogP contribution in [0.25, 0.3) is 0 Å². The molecule has 3 N–H and O–H groups in total. The molecule has 0 aromatic heterocycles. The first-order valence-corrected chi connectivity index (χ1v) is 27.5. The van der Waals surface area contributed by atoms with E-state index in [4.69, 9.17) is 14.5 Å². The topological polar surface area (TPSA) is 140 Å². The average Bonchev–Trinajstić information content (AvgIpc) is 3.30. The molecule has 0 saturated heterocycles. The monoisotopic (exact) mass is 909 g/mol. The maximum absolute atomic E-state index is 13.8. The van der Waals surface area contributed by atoms with Crippen molar-refractivity contribution in [1.82, 2.24) is 0 Å². The summed E-state index contributed by atoms with van der Waals surface area (Å²) in [5, 5.41) is 31.7. The SMILES string of the molecule is CCCCCCCC/C=C\CCCCCCCC(=O)OOC(=O)C(CCCCCCCCCCCCCCCC)(OC(=O)CCCCCCCCCCCCCCC)C(O)C(O)CO. The van der Waals surface area contributed by atoms with Gasteiger partial charge >= 0.3 is 17.9 Å². The number of aliphatic hydroxyl groups is 3. The largest absolute Gasteiger partial charge is 0.444 e. The van der Waals surface area contributed by atoms with Crippen LogP contribution in [0.3, 0.4) is 0 Å². The summed E-state index contributed by atoms with van der Waals surface area (Å²) in [5.41, 5.74) is -2.34. The first-order chi connectivity index (χ1) is 31.3. The van der Waals surface area contributed by atoms with Crippen molar-refractivity contribution in [2.45, 2.75) is 315 Å². The van der Waals surface area contributed by atoms with E-state index in [9.17, 15) is 29.7 Å². The first kappa shape index (κ1) is 62.0. The number of unbranched alkanes of at least 4 members (excludes halogenated alkanes) is 36. The number of allylic oxidation sites excluding steroid dienone is 2. The molecule has 0 heterocycles. The van der Waals surface area contributed by atoms with Crippen molar-refractivity contribution in [1.29, 1.82) is 0 Å². The van der Waals surface area contributed by atoms with Crippen molar-refractivity contribution in [2.75, 3.05) is 6.61 Å². The Bertz CT molecular complexity index is 1060. The molecule has 0 aliphatic heterocycles. The summed E-state index contributed by atoms with van der Waals surface area (Å²) in [6.45, 7) is 5.87. The first-order valence-electron chi connectivity index (χ1n) is 27.5. The molecule has 0 aliphatic rings. The molecule has 64 heavy (non-hydrogen) atoms. The molecule has 0 aliphatic carbocycles. The molecule has 0 fully saturated rings. The van der Waals surface area contributed by atoms with Gasteiger partial charge in [0.15, 0.2) is 0 Å². The van der Waals surface area contributed by atoms with Crippen molar-refractivity contribution >= 4 is 17.9 Å². The van der Waals surface area contributed by atoms with Crippen LogP contribution in [0.2, 0.25) is 0 Å². The molecule has 0 aromatic carbocycles. The molecule has 3 atom stereocenters. The number of ether oxygens (including phenoxy) is 1. The minimum atomic E-state index is -2.34. The maximum Gasteiger partial charge on any atom is 0.401 e. The Morgan fingerprint density at radius 3 is 1.09 bits per heavy atom. The molecule has 378 valence electrons. The number of rotatable bonds is 49. The van der Waals surface area contributed by atoms with Gasteiger partial charge in [0.05, 0.1) is 13.0 Å². The predicted octanol–water partition coefficient (Wildman–Crippen LogP) is 15.4. The Morgan fingerprint density at radius 1 is 0.422 bits per heavy atom. The third kappa shape index (κ3) is 37.2. The summed E-state index contributed by atoms with van der Waals surface area (Å²) in [6, 6.07) is 0. The maximum atomic E-state index is 13.8. The molecule has 0 amide bonds. The standard InChI is InChI=1S/C55H104O9/c1-4-7-10-13-16-19-22-25-27-29-32-35-38-41-44-47-52(59)63-64-54(61)55(53(60)50(57)49-56,48-45-42-39-36-33-30-26-23-20-17-14-11-8-5-2)62-51(58)46-43-40-37-34-31-28-24-21-18-15-12-9-6-3/h25,27,50,53,56-57,60H,4-24,26,28-49H2,1-3H3/b27-25-. The summed E-state index contributed by atoms with van der Waals surface area (Å²) in [4.78, 5) is 49.8. The van der Waals surface area contributed by atoms with Crippen molar-refractivity contribution in [2.24, 2.45) is 0 Å². The van der Waals surface area contributed by atoms with Gasteiger partial charge in [-0.15, -0.1) is 0 Å². The molecule has 9 heteroatoms. The normalized spacial score (nSPS) is 13.5. The van der Waals surface area contributed by atoms with Crippen LogP contribution in [0, 0.1) is 0 Å². The fourth-order valence-electron chi connectivity index (χ4n) is 8.59. The molecule has 0 saturated carbocycles. The Balaban J connectivity index is 5.04. The number of hydrogen-bond donors (Lipinski definition) is 3. The lowest BCUT2D eigenvalue weighted by molar-refractivity contribution is -0.280. The van der Waals surface area contributed by atoms with E-state index in [-0.39, 0.29) is 19.3 Å². The lowest BCUT2D eigenvalue weighted by Gasteiger charge is -2.36. The highest BCUT2D eigenvalue weighted by molar-refractivity contribution is 5.84. The number of aliphatic hydroxyl groups excluding tert-OH is 3. The van der Waals surface area contributed by atoms with Crippen LogP contribution < -0.4 is 0 Å². The average molecular weight is 909 g/mol. The summed E-state index contributed by atoms with van der Waals surface area (Å²) in [5.74, 6) is -2.68. The molecule has 0 aromatic rings. The Hall–Kier alpha value is -1.97. The third-order valence-corrected chi connectivity index (χ3v) is 12.9.